The Morgan fingerprint density at radius 1 is 1.45 bits per heavy atom. The number of hydrogen-bond donors (Lipinski definition) is 1. The van der Waals surface area contributed by atoms with Gasteiger partial charge in [-0.2, -0.15) is 0 Å². The first-order chi connectivity index (χ1) is 9.12. The van der Waals surface area contributed by atoms with Gasteiger partial charge >= 0.3 is 5.97 Å². The maximum atomic E-state index is 12.5. The van der Waals surface area contributed by atoms with Crippen LogP contribution in [0.2, 0.25) is 0 Å². The summed E-state index contributed by atoms with van der Waals surface area (Å²) in [5.41, 5.74) is 5.91. The van der Waals surface area contributed by atoms with E-state index in [4.69, 9.17) is 10.5 Å². The van der Waals surface area contributed by atoms with Gasteiger partial charge in [-0.05, 0) is 53.4 Å². The first-order valence-corrected chi connectivity index (χ1v) is 7.14. The van der Waals surface area contributed by atoms with Crippen LogP contribution >= 0.6 is 0 Å². The Kier molecular flexibility index (Phi) is 3.67. The minimum atomic E-state index is -0.953. The zero-order valence-corrected chi connectivity index (χ0v) is 13.1. The number of nitrogens with two attached hydrogens (primary N) is 1. The molecule has 1 aliphatic carbocycles. The van der Waals surface area contributed by atoms with Gasteiger partial charge in [-0.25, -0.2) is 9.78 Å². The van der Waals surface area contributed by atoms with E-state index in [9.17, 15) is 4.79 Å². The van der Waals surface area contributed by atoms with Gasteiger partial charge in [0.2, 0.25) is 0 Å². The molecule has 1 saturated carbocycles. The second-order valence-electron chi connectivity index (χ2n) is 6.87. The number of aryl methyl sites for hydroxylation is 2. The summed E-state index contributed by atoms with van der Waals surface area (Å²) in [5, 5.41) is 0. The summed E-state index contributed by atoms with van der Waals surface area (Å²) in [7, 11) is 0. The number of esters is 1. The van der Waals surface area contributed by atoms with Gasteiger partial charge in [-0.3, -0.25) is 0 Å². The van der Waals surface area contributed by atoms with E-state index in [-0.39, 0.29) is 11.9 Å². The summed E-state index contributed by atoms with van der Waals surface area (Å²) < 4.78 is 7.48. The average Bonchev–Trinajstić information content (AvgIpc) is 3.05. The van der Waals surface area contributed by atoms with Gasteiger partial charge in [0.1, 0.15) is 17.0 Å². The molecule has 2 rings (SSSR count). The highest BCUT2D eigenvalue weighted by molar-refractivity contribution is 5.81. The lowest BCUT2D eigenvalue weighted by Crippen LogP contribution is -2.56. The molecular weight excluding hydrogens is 254 g/mol. The first kappa shape index (κ1) is 15.0. The number of aromatic nitrogens is 2. The summed E-state index contributed by atoms with van der Waals surface area (Å²) >= 11 is 0. The highest BCUT2D eigenvalue weighted by Gasteiger charge is 2.50. The summed E-state index contributed by atoms with van der Waals surface area (Å²) in [6.07, 6.45) is 3.91. The van der Waals surface area contributed by atoms with Crippen molar-refractivity contribution in [1.29, 1.82) is 0 Å². The normalized spacial score (nSPS) is 18.7. The third-order valence-corrected chi connectivity index (χ3v) is 3.61. The fourth-order valence-electron chi connectivity index (χ4n) is 2.44. The number of hydrogen-bond acceptors (Lipinski definition) is 4. The Bertz CT molecular complexity index is 512. The molecule has 112 valence electrons. The minimum Gasteiger partial charge on any atom is -0.459 e. The van der Waals surface area contributed by atoms with Crippen LogP contribution in [0.15, 0.2) is 6.20 Å². The lowest BCUT2D eigenvalue weighted by molar-refractivity contribution is -0.163. The molecule has 1 aromatic heterocycles. The molecule has 1 aromatic rings. The van der Waals surface area contributed by atoms with Crippen molar-refractivity contribution in [1.82, 2.24) is 9.55 Å². The quantitative estimate of drug-likeness (QED) is 0.855. The van der Waals surface area contributed by atoms with Crippen LogP contribution in [-0.2, 0) is 16.1 Å². The van der Waals surface area contributed by atoms with Crippen molar-refractivity contribution in [3.63, 3.8) is 0 Å². The highest BCUT2D eigenvalue weighted by Crippen LogP contribution is 2.40. The summed E-state index contributed by atoms with van der Waals surface area (Å²) in [5.74, 6) is 0.777. The maximum Gasteiger partial charge on any atom is 0.328 e. The number of imidazole rings is 1. The number of carbonyl (C=O) groups excluding carboxylic acids is 1. The zero-order valence-electron chi connectivity index (χ0n) is 13.1. The van der Waals surface area contributed by atoms with Crippen LogP contribution in [0.25, 0.3) is 0 Å². The third kappa shape index (κ3) is 3.20. The Morgan fingerprint density at radius 2 is 2.05 bits per heavy atom. The van der Waals surface area contributed by atoms with Crippen molar-refractivity contribution in [2.45, 2.75) is 65.1 Å². The van der Waals surface area contributed by atoms with Gasteiger partial charge in [0.15, 0.2) is 0 Å². The van der Waals surface area contributed by atoms with Crippen molar-refractivity contribution in [2.24, 2.45) is 11.7 Å². The summed E-state index contributed by atoms with van der Waals surface area (Å²) in [6.45, 7) is 9.89. The molecule has 0 radical (unpaired) electrons. The maximum absolute atomic E-state index is 12.5. The molecule has 1 atom stereocenters. The van der Waals surface area contributed by atoms with Crippen LogP contribution in [0.5, 0.6) is 0 Å². The molecule has 0 amide bonds. The van der Waals surface area contributed by atoms with Crippen molar-refractivity contribution in [3.05, 3.63) is 17.7 Å². The van der Waals surface area contributed by atoms with Gasteiger partial charge in [0.05, 0.1) is 12.2 Å². The Labute approximate surface area is 120 Å². The van der Waals surface area contributed by atoms with Gasteiger partial charge in [0, 0.05) is 6.20 Å². The molecule has 2 N–H and O–H groups in total. The highest BCUT2D eigenvalue weighted by atomic mass is 16.6. The average molecular weight is 279 g/mol. The van der Waals surface area contributed by atoms with E-state index in [1.165, 1.54) is 0 Å². The molecule has 0 saturated heterocycles. The smallest absolute Gasteiger partial charge is 0.328 e. The fourth-order valence-corrected chi connectivity index (χ4v) is 2.44. The van der Waals surface area contributed by atoms with E-state index in [1.807, 2.05) is 45.4 Å². The molecule has 0 spiro atoms. The number of carbonyl (C=O) groups is 1. The predicted octanol–water partition coefficient (Wildman–Crippen LogP) is 1.95. The van der Waals surface area contributed by atoms with E-state index >= 15 is 0 Å². The fraction of sp³-hybridized carbons (Fsp3) is 0.733. The standard InChI is InChI=1S/C15H25N3O2/c1-10-8-18(11(2)17-10)9-15(16,12-6-7-12)13(19)20-14(3,4)5/h8,12H,6-7,9,16H2,1-5H3. The predicted molar refractivity (Wildman–Crippen MR) is 77.2 cm³/mol. The summed E-state index contributed by atoms with van der Waals surface area (Å²) in [6, 6.07) is 0. The lowest BCUT2D eigenvalue weighted by Gasteiger charge is -2.32. The molecule has 1 unspecified atom stereocenters. The van der Waals surface area contributed by atoms with E-state index in [0.29, 0.717) is 6.54 Å². The van der Waals surface area contributed by atoms with Gasteiger partial charge in [-0.15, -0.1) is 0 Å². The van der Waals surface area contributed by atoms with Crippen molar-refractivity contribution in [3.8, 4) is 0 Å². The van der Waals surface area contributed by atoms with E-state index in [1.54, 1.807) is 0 Å². The monoisotopic (exact) mass is 279 g/mol. The molecular formula is C15H25N3O2. The second kappa shape index (κ2) is 4.88. The van der Waals surface area contributed by atoms with Gasteiger partial charge in [0.25, 0.3) is 0 Å². The number of ether oxygens (including phenoxy) is 1. The van der Waals surface area contributed by atoms with Crippen molar-refractivity contribution < 1.29 is 9.53 Å². The third-order valence-electron chi connectivity index (χ3n) is 3.61. The summed E-state index contributed by atoms with van der Waals surface area (Å²) in [4.78, 5) is 16.9. The first-order valence-electron chi connectivity index (χ1n) is 7.14. The Balaban J connectivity index is 2.21. The van der Waals surface area contributed by atoms with Crippen LogP contribution in [0.3, 0.4) is 0 Å². The molecule has 0 bridgehead atoms. The molecule has 5 nitrogen and oxygen atoms in total. The Morgan fingerprint density at radius 3 is 2.45 bits per heavy atom. The second-order valence-corrected chi connectivity index (χ2v) is 6.87. The lowest BCUT2D eigenvalue weighted by atomic mass is 9.94. The van der Waals surface area contributed by atoms with Crippen molar-refractivity contribution >= 4 is 5.97 Å². The van der Waals surface area contributed by atoms with Crippen LogP contribution in [0.1, 0.15) is 45.1 Å². The SMILES string of the molecule is Cc1cn(CC(N)(C(=O)OC(C)(C)C)C2CC2)c(C)n1. The molecule has 0 aliphatic heterocycles. The van der Waals surface area contributed by atoms with Crippen LogP contribution in [0, 0.1) is 19.8 Å². The Hall–Kier alpha value is -1.36. The molecule has 1 fully saturated rings. The molecule has 1 aliphatic rings. The topological polar surface area (TPSA) is 70.1 Å². The van der Waals surface area contributed by atoms with E-state index < -0.39 is 11.1 Å². The number of nitrogens with zero attached hydrogens (tertiary/aromatic N) is 2. The minimum absolute atomic E-state index is 0.208. The molecule has 0 aromatic carbocycles. The molecule has 5 heteroatoms. The van der Waals surface area contributed by atoms with Gasteiger partial charge in [-0.1, -0.05) is 0 Å². The van der Waals surface area contributed by atoms with E-state index in [0.717, 1.165) is 24.4 Å². The molecule has 1 heterocycles. The largest absolute Gasteiger partial charge is 0.459 e. The van der Waals surface area contributed by atoms with Crippen LogP contribution in [-0.4, -0.2) is 26.7 Å². The van der Waals surface area contributed by atoms with Crippen LogP contribution < -0.4 is 5.73 Å². The van der Waals surface area contributed by atoms with Gasteiger partial charge < -0.3 is 15.0 Å². The zero-order chi connectivity index (χ0) is 15.1. The van der Waals surface area contributed by atoms with Crippen molar-refractivity contribution in [2.75, 3.05) is 0 Å². The number of rotatable bonds is 4. The van der Waals surface area contributed by atoms with Crippen LogP contribution in [0.4, 0.5) is 0 Å². The molecule has 20 heavy (non-hydrogen) atoms. The van der Waals surface area contributed by atoms with E-state index in [2.05, 4.69) is 4.98 Å².